The van der Waals surface area contributed by atoms with Gasteiger partial charge in [-0.25, -0.2) is 0 Å². The van der Waals surface area contributed by atoms with E-state index in [2.05, 4.69) is 53.0 Å². The van der Waals surface area contributed by atoms with Crippen LogP contribution in [0.15, 0.2) is 21.4 Å². The Morgan fingerprint density at radius 1 is 1.56 bits per heavy atom. The summed E-state index contributed by atoms with van der Waals surface area (Å²) in [6, 6.07) is 0. The van der Waals surface area contributed by atoms with Crippen LogP contribution in [0.25, 0.3) is 0 Å². The van der Waals surface area contributed by atoms with Gasteiger partial charge in [-0.05, 0) is 0 Å². The first-order chi connectivity index (χ1) is 4.17. The van der Waals surface area contributed by atoms with Crippen LogP contribution < -0.4 is 0 Å². The van der Waals surface area contributed by atoms with Crippen LogP contribution in [0.2, 0.25) is 5.82 Å². The Bertz CT molecular complexity index is 174. The Labute approximate surface area is 78.0 Å². The minimum absolute atomic E-state index is 0.631. The number of rotatable bonds is 1. The standard InChI is InChI=1S/C5H6Br2SSe/c1-9-5-3-2-4-8(5,6)7/h2-4H,1H3. The van der Waals surface area contributed by atoms with Crippen LogP contribution in [0.1, 0.15) is 0 Å². The van der Waals surface area contributed by atoms with Gasteiger partial charge in [0.15, 0.2) is 0 Å². The molecule has 0 amide bonds. The van der Waals surface area contributed by atoms with Gasteiger partial charge in [-0.15, -0.1) is 0 Å². The third-order valence-electron chi connectivity index (χ3n) is 0.951. The molecule has 0 bridgehead atoms. The molecule has 9 heavy (non-hydrogen) atoms. The summed E-state index contributed by atoms with van der Waals surface area (Å²) in [5.74, 6) is 2.23. The normalized spacial score (nSPS) is 25.9. The van der Waals surface area contributed by atoms with E-state index in [-0.39, 0.29) is 0 Å². The van der Waals surface area contributed by atoms with E-state index in [1.807, 2.05) is 0 Å². The summed E-state index contributed by atoms with van der Waals surface area (Å²) in [6.45, 7) is -0.804. The maximum absolute atomic E-state index is 3.63. The van der Waals surface area contributed by atoms with E-state index in [9.17, 15) is 0 Å². The van der Waals surface area contributed by atoms with E-state index in [1.54, 1.807) is 0 Å². The molecule has 1 aliphatic rings. The van der Waals surface area contributed by atoms with Crippen molar-refractivity contribution in [1.29, 1.82) is 0 Å². The molecule has 0 N–H and O–H groups in total. The van der Waals surface area contributed by atoms with Crippen LogP contribution in [0, 0.1) is 0 Å². The van der Waals surface area contributed by atoms with Gasteiger partial charge in [0.2, 0.25) is 0 Å². The van der Waals surface area contributed by atoms with Crippen molar-refractivity contribution in [2.75, 3.05) is 0 Å². The fraction of sp³-hybridized carbons (Fsp3) is 0.200. The molecule has 52 valence electrons. The summed E-state index contributed by atoms with van der Waals surface area (Å²) in [6.07, 6.45) is 4.30. The summed E-state index contributed by atoms with van der Waals surface area (Å²) in [5.41, 5.74) is 0. The average Bonchev–Trinajstić information content (AvgIpc) is 2.08. The van der Waals surface area contributed by atoms with Crippen LogP contribution in [0.3, 0.4) is 0 Å². The van der Waals surface area contributed by atoms with Crippen molar-refractivity contribution in [1.82, 2.24) is 0 Å². The number of hydrogen-bond acceptors (Lipinski definition) is 0. The molecule has 0 spiro atoms. The van der Waals surface area contributed by atoms with Crippen molar-refractivity contribution >= 4 is 51.5 Å². The zero-order valence-electron chi connectivity index (χ0n) is 4.80. The van der Waals surface area contributed by atoms with E-state index in [4.69, 9.17) is 0 Å². The van der Waals surface area contributed by atoms with Crippen molar-refractivity contribution < 1.29 is 0 Å². The molecule has 0 aliphatic carbocycles. The van der Waals surface area contributed by atoms with Gasteiger partial charge in [0.1, 0.15) is 0 Å². The van der Waals surface area contributed by atoms with Gasteiger partial charge in [0.25, 0.3) is 0 Å². The molecule has 4 heteroatoms. The summed E-state index contributed by atoms with van der Waals surface area (Å²) < 4.78 is 1.52. The molecule has 1 aliphatic heterocycles. The summed E-state index contributed by atoms with van der Waals surface area (Å²) in [5, 5.41) is 2.19. The first-order valence-corrected chi connectivity index (χ1v) is 10.3. The SMILES string of the molecule is C[Se]C1=CC=CS1(Br)Br. The molecular weight excluding hydrogens is 331 g/mol. The number of halogens is 2. The quantitative estimate of drug-likeness (QED) is 0.643. The second kappa shape index (κ2) is 3.14. The molecule has 0 fully saturated rings. The van der Waals surface area contributed by atoms with Crippen LogP contribution in [0.5, 0.6) is 0 Å². The molecule has 0 saturated carbocycles. The molecule has 0 aromatic rings. The van der Waals surface area contributed by atoms with E-state index < -0.39 is 6.89 Å². The zero-order valence-corrected chi connectivity index (χ0v) is 10.5. The Balaban J connectivity index is 2.78. The maximum atomic E-state index is 3.63. The molecule has 0 aromatic carbocycles. The molecule has 0 nitrogen and oxygen atoms in total. The summed E-state index contributed by atoms with van der Waals surface area (Å²) in [7, 11) is 0. The zero-order chi connectivity index (χ0) is 6.91. The van der Waals surface area contributed by atoms with Crippen LogP contribution in [-0.2, 0) is 0 Å². The molecule has 0 unspecified atom stereocenters. The van der Waals surface area contributed by atoms with Crippen molar-refractivity contribution in [2.45, 2.75) is 5.82 Å². The first-order valence-electron chi connectivity index (χ1n) is 2.32. The van der Waals surface area contributed by atoms with Crippen molar-refractivity contribution in [2.24, 2.45) is 0 Å². The van der Waals surface area contributed by atoms with E-state index in [1.165, 1.54) is 3.80 Å². The third kappa shape index (κ3) is 1.87. The Kier molecular flexibility index (Phi) is 2.93. The number of hydrogen-bond donors (Lipinski definition) is 0. The molecule has 0 atom stereocenters. The average molecular weight is 337 g/mol. The monoisotopic (exact) mass is 336 g/mol. The van der Waals surface area contributed by atoms with E-state index in [0.717, 1.165) is 0 Å². The molecule has 0 saturated heterocycles. The van der Waals surface area contributed by atoms with Gasteiger partial charge in [0, 0.05) is 0 Å². The van der Waals surface area contributed by atoms with Gasteiger partial charge < -0.3 is 0 Å². The van der Waals surface area contributed by atoms with E-state index >= 15 is 0 Å². The fourth-order valence-corrected chi connectivity index (χ4v) is 9.16. The Morgan fingerprint density at radius 3 is 2.44 bits per heavy atom. The van der Waals surface area contributed by atoms with Gasteiger partial charge in [-0.1, -0.05) is 0 Å². The van der Waals surface area contributed by atoms with E-state index in [0.29, 0.717) is 15.0 Å². The Morgan fingerprint density at radius 2 is 2.22 bits per heavy atom. The third-order valence-corrected chi connectivity index (χ3v) is 12.1. The minimum atomic E-state index is -0.804. The molecule has 0 radical (unpaired) electrons. The van der Waals surface area contributed by atoms with Gasteiger partial charge in [-0.3, -0.25) is 0 Å². The predicted octanol–water partition coefficient (Wildman–Crippen LogP) is 3.53. The summed E-state index contributed by atoms with van der Waals surface area (Å²) >= 11 is 7.89. The van der Waals surface area contributed by atoms with Gasteiger partial charge in [-0.2, -0.15) is 0 Å². The predicted molar refractivity (Wildman–Crippen MR) is 54.3 cm³/mol. The van der Waals surface area contributed by atoms with Crippen molar-refractivity contribution in [3.8, 4) is 0 Å². The second-order valence-corrected chi connectivity index (χ2v) is 14.4. The number of allylic oxidation sites excluding steroid dienone is 2. The fourth-order valence-electron chi connectivity index (χ4n) is 0.553. The topological polar surface area (TPSA) is 0 Å². The van der Waals surface area contributed by atoms with Crippen LogP contribution in [0.4, 0.5) is 0 Å². The summed E-state index contributed by atoms with van der Waals surface area (Å²) in [4.78, 5) is 0. The first kappa shape index (κ1) is 8.41. The van der Waals surface area contributed by atoms with Crippen LogP contribution >= 0.6 is 36.5 Å². The molecular formula is C5H6Br2SSe. The molecule has 1 rings (SSSR count). The molecule has 1 heterocycles. The van der Waals surface area contributed by atoms with Gasteiger partial charge >= 0.3 is 78.7 Å². The Hall–Kier alpha value is 1.31. The van der Waals surface area contributed by atoms with Crippen molar-refractivity contribution in [3.05, 3.63) is 21.4 Å². The van der Waals surface area contributed by atoms with Gasteiger partial charge in [0.05, 0.1) is 0 Å². The van der Waals surface area contributed by atoms with Crippen molar-refractivity contribution in [3.63, 3.8) is 0 Å². The van der Waals surface area contributed by atoms with Crippen LogP contribution in [-0.4, -0.2) is 15.0 Å². The molecule has 0 aromatic heterocycles. The second-order valence-electron chi connectivity index (χ2n) is 1.53.